The summed E-state index contributed by atoms with van der Waals surface area (Å²) in [6.45, 7) is 16.5. The first-order valence-corrected chi connectivity index (χ1v) is 35.2. The molecular weight excluding hydrogens is 967 g/mol. The Morgan fingerprint density at radius 1 is 0.333 bits per heavy atom. The highest BCUT2D eigenvalue weighted by atomic mass is 16.5. The summed E-state index contributed by atoms with van der Waals surface area (Å²) in [4.78, 5) is 29.9. The number of hydrogen-bond donors (Lipinski definition) is 3. The van der Waals surface area contributed by atoms with Gasteiger partial charge in [-0.3, -0.25) is 9.59 Å². The van der Waals surface area contributed by atoms with E-state index in [2.05, 4.69) is 42.8 Å². The smallest absolute Gasteiger partial charge is 0.307 e. The van der Waals surface area contributed by atoms with Crippen molar-refractivity contribution >= 4 is 11.9 Å². The molecule has 2 unspecified atom stereocenters. The zero-order chi connectivity index (χ0) is 56.7. The minimum atomic E-state index is -0.491. The number of esters is 2. The van der Waals surface area contributed by atoms with Gasteiger partial charge in [0.25, 0.3) is 0 Å². The number of rotatable bonds is 67. The predicted molar refractivity (Wildman–Crippen MR) is 338 cm³/mol. The van der Waals surface area contributed by atoms with E-state index in [9.17, 15) is 19.8 Å². The minimum Gasteiger partial charge on any atom is -0.466 e. The number of nitrogens with one attached hydrogen (secondary N) is 1. The van der Waals surface area contributed by atoms with E-state index in [1.165, 1.54) is 250 Å². The van der Waals surface area contributed by atoms with Crippen molar-refractivity contribution in [1.29, 1.82) is 0 Å². The van der Waals surface area contributed by atoms with Crippen LogP contribution in [-0.4, -0.2) is 110 Å². The second-order valence-electron chi connectivity index (χ2n) is 24.4. The number of carbonyl (C=O) groups is 2. The Balaban J connectivity index is 4.99. The first-order chi connectivity index (χ1) is 38.4. The van der Waals surface area contributed by atoms with Crippen LogP contribution in [0.25, 0.3) is 0 Å². The lowest BCUT2D eigenvalue weighted by atomic mass is 10.0. The van der Waals surface area contributed by atoms with Gasteiger partial charge in [-0.15, -0.1) is 0 Å². The highest BCUT2D eigenvalue weighted by Crippen LogP contribution is 2.17. The summed E-state index contributed by atoms with van der Waals surface area (Å²) in [5, 5.41) is 25.8. The van der Waals surface area contributed by atoms with Gasteiger partial charge in [0, 0.05) is 32.6 Å². The van der Waals surface area contributed by atoms with E-state index in [4.69, 9.17) is 9.47 Å². The Kier molecular flexibility index (Phi) is 63.9. The van der Waals surface area contributed by atoms with Crippen LogP contribution in [0.1, 0.15) is 355 Å². The molecule has 0 aliphatic rings. The molecule has 0 saturated carbocycles. The molecule has 0 aliphatic heterocycles. The fourth-order valence-electron chi connectivity index (χ4n) is 11.2. The van der Waals surface area contributed by atoms with Crippen LogP contribution in [0.2, 0.25) is 0 Å². The predicted octanol–water partition coefficient (Wildman–Crippen LogP) is 19.0. The molecule has 0 radical (unpaired) electrons. The van der Waals surface area contributed by atoms with Gasteiger partial charge in [0.05, 0.1) is 31.8 Å². The molecule has 0 aliphatic carbocycles. The van der Waals surface area contributed by atoms with E-state index in [1.54, 1.807) is 0 Å². The molecule has 2 atom stereocenters. The average Bonchev–Trinajstić information content (AvgIpc) is 3.43. The van der Waals surface area contributed by atoms with E-state index in [0.717, 1.165) is 90.4 Å². The monoisotopic (exact) mass is 1110 g/mol. The number of hydrogen-bond acceptors (Lipinski definition) is 9. The Morgan fingerprint density at radius 2 is 0.603 bits per heavy atom. The summed E-state index contributed by atoms with van der Waals surface area (Å²) >= 11 is 0. The number of nitrogens with zero attached hydrogens (tertiary/aromatic N) is 2. The zero-order valence-corrected chi connectivity index (χ0v) is 53.2. The van der Waals surface area contributed by atoms with Gasteiger partial charge in [-0.05, 0) is 77.5 Å². The van der Waals surface area contributed by atoms with Gasteiger partial charge in [-0.1, -0.05) is 291 Å². The van der Waals surface area contributed by atoms with E-state index in [-0.39, 0.29) is 18.0 Å². The molecule has 0 bridgehead atoms. The van der Waals surface area contributed by atoms with Crippen molar-refractivity contribution < 1.29 is 29.3 Å². The fraction of sp³-hybridized carbons (Fsp3) is 0.971. The average molecular weight is 1110 g/mol. The van der Waals surface area contributed by atoms with Crippen molar-refractivity contribution in [2.24, 2.45) is 0 Å². The van der Waals surface area contributed by atoms with Crippen LogP contribution in [0, 0.1) is 0 Å². The van der Waals surface area contributed by atoms with Crippen LogP contribution < -0.4 is 5.32 Å². The summed E-state index contributed by atoms with van der Waals surface area (Å²) in [6, 6.07) is 0. The number of aliphatic hydroxyl groups is 2. The Labute approximate surface area is 487 Å². The zero-order valence-electron chi connectivity index (χ0n) is 53.2. The van der Waals surface area contributed by atoms with Crippen molar-refractivity contribution in [3.63, 3.8) is 0 Å². The van der Waals surface area contributed by atoms with Gasteiger partial charge < -0.3 is 34.8 Å². The Hall–Kier alpha value is -1.26. The molecule has 0 fully saturated rings. The number of aliphatic hydroxyl groups excluding tert-OH is 2. The lowest BCUT2D eigenvalue weighted by Gasteiger charge is -2.27. The maximum atomic E-state index is 12.5. The second kappa shape index (κ2) is 64.9. The summed E-state index contributed by atoms with van der Waals surface area (Å²) in [5.41, 5.74) is 0. The quantitative estimate of drug-likeness (QED) is 0.0405. The van der Waals surface area contributed by atoms with Gasteiger partial charge in [0.1, 0.15) is 0 Å². The lowest BCUT2D eigenvalue weighted by Crippen LogP contribution is -2.40. The second-order valence-corrected chi connectivity index (χ2v) is 24.4. The third-order valence-electron chi connectivity index (χ3n) is 16.4. The highest BCUT2D eigenvalue weighted by Gasteiger charge is 2.16. The van der Waals surface area contributed by atoms with E-state index >= 15 is 0 Å². The Bertz CT molecular complexity index is 1180. The molecule has 0 amide bonds. The minimum absolute atomic E-state index is 0.0841. The van der Waals surface area contributed by atoms with Crippen LogP contribution >= 0.6 is 0 Å². The van der Waals surface area contributed by atoms with E-state index in [1.807, 2.05) is 0 Å². The molecule has 9 nitrogen and oxygen atoms in total. The van der Waals surface area contributed by atoms with Gasteiger partial charge >= 0.3 is 11.9 Å². The summed E-state index contributed by atoms with van der Waals surface area (Å²) in [5.74, 6) is -0.231. The van der Waals surface area contributed by atoms with Crippen LogP contribution in [0.15, 0.2) is 0 Å². The van der Waals surface area contributed by atoms with E-state index in [0.29, 0.717) is 52.2 Å². The molecule has 3 N–H and O–H groups in total. The molecule has 0 aromatic rings. The molecule has 0 aromatic carbocycles. The van der Waals surface area contributed by atoms with Crippen molar-refractivity contribution in [3.05, 3.63) is 0 Å². The standard InChI is InChI=1S/C69H139N3O6/c1-5-9-13-17-21-25-28-31-34-37-41-47-57-71(64-66(73)53-45-46-54-68(75)77-61-51-44-40-36-33-30-27-23-19-15-11-7-3)59-49-50-60-72(58-48-42-38-35-32-29-26-22-18-14-10-6-2)65-67(74)63-70-56-55-69(76)78-62-52-43-39-24-20-16-12-8-4/h66-67,70,73-74H,5-65H2,1-4H3. The number of unbranched alkanes of at least 4 members (excludes halogenated alkanes) is 42. The van der Waals surface area contributed by atoms with Crippen molar-refractivity contribution in [3.8, 4) is 0 Å². The van der Waals surface area contributed by atoms with Crippen LogP contribution in [0.3, 0.4) is 0 Å². The number of ether oxygens (including phenoxy) is 2. The molecule has 0 heterocycles. The SMILES string of the molecule is CCCCCCCCCCCCCCOC(=O)CCCCC(O)CN(CCCCCCCCCCCCCC)CCCCN(CCCCCCCCCCCCCC)CC(O)CNCCC(=O)OCCCCCCCCCC. The molecule has 78 heavy (non-hydrogen) atoms. The largest absolute Gasteiger partial charge is 0.466 e. The topological polar surface area (TPSA) is 112 Å². The van der Waals surface area contributed by atoms with Crippen molar-refractivity contribution in [1.82, 2.24) is 15.1 Å². The van der Waals surface area contributed by atoms with E-state index < -0.39 is 6.10 Å². The molecule has 0 saturated heterocycles. The van der Waals surface area contributed by atoms with Crippen LogP contribution in [-0.2, 0) is 19.1 Å². The van der Waals surface area contributed by atoms with Gasteiger partial charge in [-0.25, -0.2) is 0 Å². The summed E-state index contributed by atoms with van der Waals surface area (Å²) < 4.78 is 11.1. The Morgan fingerprint density at radius 3 is 0.936 bits per heavy atom. The summed E-state index contributed by atoms with van der Waals surface area (Å²) in [7, 11) is 0. The van der Waals surface area contributed by atoms with Crippen LogP contribution in [0.5, 0.6) is 0 Å². The molecule has 0 spiro atoms. The molecule has 0 aromatic heterocycles. The molecule has 0 rings (SSSR count). The maximum Gasteiger partial charge on any atom is 0.307 e. The third kappa shape index (κ3) is 60.8. The van der Waals surface area contributed by atoms with Crippen molar-refractivity contribution in [2.45, 2.75) is 367 Å². The first-order valence-electron chi connectivity index (χ1n) is 35.2. The first kappa shape index (κ1) is 76.7. The highest BCUT2D eigenvalue weighted by molar-refractivity contribution is 5.69. The lowest BCUT2D eigenvalue weighted by molar-refractivity contribution is -0.144. The number of carbonyl (C=O) groups excluding carboxylic acids is 2. The summed E-state index contributed by atoms with van der Waals surface area (Å²) in [6.07, 6.45) is 61.9. The molecule has 9 heteroatoms. The van der Waals surface area contributed by atoms with Crippen LogP contribution in [0.4, 0.5) is 0 Å². The maximum absolute atomic E-state index is 12.5. The molecule has 466 valence electrons. The normalized spacial score (nSPS) is 12.6. The third-order valence-corrected chi connectivity index (χ3v) is 16.4. The fourth-order valence-corrected chi connectivity index (χ4v) is 11.2. The van der Waals surface area contributed by atoms with Gasteiger partial charge in [0.15, 0.2) is 0 Å². The van der Waals surface area contributed by atoms with Gasteiger partial charge in [0.2, 0.25) is 0 Å². The van der Waals surface area contributed by atoms with Gasteiger partial charge in [-0.2, -0.15) is 0 Å². The van der Waals surface area contributed by atoms with Crippen molar-refractivity contribution in [2.75, 3.05) is 65.6 Å². The molecular formula is C69H139N3O6.